The van der Waals surface area contributed by atoms with E-state index in [0.29, 0.717) is 59.6 Å². The van der Waals surface area contributed by atoms with Crippen LogP contribution in [-0.4, -0.2) is 65.5 Å². The van der Waals surface area contributed by atoms with Gasteiger partial charge in [0.25, 0.3) is 5.91 Å². The van der Waals surface area contributed by atoms with Gasteiger partial charge in [0.2, 0.25) is 0 Å². The Hall–Kier alpha value is -4.29. The zero-order valence-corrected chi connectivity index (χ0v) is 30.5. The molecule has 0 saturated carbocycles. The predicted octanol–water partition coefficient (Wildman–Crippen LogP) is 8.54. The number of ether oxygens (including phenoxy) is 2. The summed E-state index contributed by atoms with van der Waals surface area (Å²) in [6.45, 7) is 12.7. The summed E-state index contributed by atoms with van der Waals surface area (Å²) >= 11 is 12.4. The minimum Gasteiger partial charge on any atom is -0.444 e. The zero-order chi connectivity index (χ0) is 36.8. The fraction of sp³-hybridized carbons (Fsp3) is 0.417. The second-order valence-corrected chi connectivity index (χ2v) is 14.5. The van der Waals surface area contributed by atoms with Gasteiger partial charge in [-0.2, -0.15) is 0 Å². The summed E-state index contributed by atoms with van der Waals surface area (Å²) in [4.78, 5) is 38.1. The summed E-state index contributed by atoms with van der Waals surface area (Å²) in [6.07, 6.45) is 0.327. The average molecular weight is 735 g/mol. The third kappa shape index (κ3) is 10.4. The van der Waals surface area contributed by atoms with E-state index < -0.39 is 35.2 Å². The van der Waals surface area contributed by atoms with E-state index in [1.807, 2.05) is 6.07 Å². The number of hydrazine groups is 2. The number of carbonyl (C=O) groups is 3. The van der Waals surface area contributed by atoms with Crippen LogP contribution in [0.1, 0.15) is 66.0 Å². The number of hydrogen-bond acceptors (Lipinski definition) is 7. The first-order chi connectivity index (χ1) is 23.4. The van der Waals surface area contributed by atoms with Crippen LogP contribution in [0.25, 0.3) is 0 Å². The molecule has 1 N–H and O–H groups in total. The molecule has 0 spiro atoms. The van der Waals surface area contributed by atoms with Gasteiger partial charge in [-0.05, 0) is 84.2 Å². The van der Waals surface area contributed by atoms with Gasteiger partial charge in [0.05, 0.1) is 21.4 Å². The number of nitrogens with one attached hydrogen (secondary N) is 1. The standard InChI is InChI=1S/C22H25ClFN3O3.C14H18ClFN2O2/c1-22(2,3)30-21(29)25-19(15-8-5-4-6-9-15)20(28)27-13-7-12-26(27)18-14-16(24)10-11-17(18)23;1-14(2,3)20-13(19)18-8-4-7-17(18)12-9-10(16)5-6-11(12)15/h4-6,8-11,14,19H,7,12-13H2,1-3H3,(H,25,29);5-6,9H,4,7-8H2,1-3H3/t19-;/m0./s1. The highest BCUT2D eigenvalue weighted by atomic mass is 35.5. The van der Waals surface area contributed by atoms with Gasteiger partial charge in [-0.15, -0.1) is 0 Å². The number of hydrogen-bond donors (Lipinski definition) is 1. The van der Waals surface area contributed by atoms with E-state index in [1.54, 1.807) is 75.8 Å². The molecule has 2 aliphatic rings. The van der Waals surface area contributed by atoms with E-state index in [9.17, 15) is 23.2 Å². The Kier molecular flexibility index (Phi) is 12.4. The van der Waals surface area contributed by atoms with Gasteiger partial charge >= 0.3 is 12.2 Å². The highest BCUT2D eigenvalue weighted by Gasteiger charge is 2.36. The summed E-state index contributed by atoms with van der Waals surface area (Å²) in [7, 11) is 0. The fourth-order valence-electron chi connectivity index (χ4n) is 5.33. The summed E-state index contributed by atoms with van der Waals surface area (Å²) in [5.41, 5.74) is 0.229. The van der Waals surface area contributed by atoms with Crippen LogP contribution in [0.3, 0.4) is 0 Å². The van der Waals surface area contributed by atoms with Crippen LogP contribution >= 0.6 is 23.2 Å². The maximum Gasteiger partial charge on any atom is 0.429 e. The van der Waals surface area contributed by atoms with Gasteiger partial charge in [0.1, 0.15) is 28.9 Å². The number of halogens is 4. The molecule has 270 valence electrons. The molecule has 0 unspecified atom stereocenters. The Morgan fingerprint density at radius 2 is 1.18 bits per heavy atom. The largest absolute Gasteiger partial charge is 0.444 e. The molecular weight excluding hydrogens is 691 g/mol. The lowest BCUT2D eigenvalue weighted by molar-refractivity contribution is -0.133. The minimum absolute atomic E-state index is 0.340. The molecule has 3 amide bonds. The number of nitrogens with zero attached hydrogens (tertiary/aromatic N) is 4. The van der Waals surface area contributed by atoms with Crippen LogP contribution in [0.15, 0.2) is 66.7 Å². The summed E-state index contributed by atoms with van der Waals surface area (Å²) in [5, 5.41) is 9.70. The Morgan fingerprint density at radius 1 is 0.700 bits per heavy atom. The molecular formula is C36H43Cl2F2N5O5. The fourth-order valence-corrected chi connectivity index (χ4v) is 5.76. The van der Waals surface area contributed by atoms with Crippen molar-refractivity contribution in [1.29, 1.82) is 0 Å². The molecule has 0 aliphatic carbocycles. The van der Waals surface area contributed by atoms with Gasteiger partial charge in [-0.25, -0.2) is 23.4 Å². The monoisotopic (exact) mass is 733 g/mol. The smallest absolute Gasteiger partial charge is 0.429 e. The van der Waals surface area contributed by atoms with E-state index in [0.717, 1.165) is 6.42 Å². The van der Waals surface area contributed by atoms with Crippen molar-refractivity contribution in [3.05, 3.63) is 94.0 Å². The van der Waals surface area contributed by atoms with E-state index >= 15 is 0 Å². The van der Waals surface area contributed by atoms with Gasteiger partial charge < -0.3 is 14.8 Å². The lowest BCUT2D eigenvalue weighted by Gasteiger charge is -2.33. The lowest BCUT2D eigenvalue weighted by atomic mass is 10.1. The number of rotatable bonds is 5. The quantitative estimate of drug-likeness (QED) is 0.281. The SMILES string of the molecule is CC(C)(C)OC(=O)N1CCCN1c1cc(F)ccc1Cl.CC(C)(C)OC(=O)N[C@H](C(=O)N1CCCN1c1cc(F)ccc1Cl)c1ccccc1. The van der Waals surface area contributed by atoms with Crippen molar-refractivity contribution in [1.82, 2.24) is 15.3 Å². The highest BCUT2D eigenvalue weighted by molar-refractivity contribution is 6.33. The van der Waals surface area contributed by atoms with E-state index in [4.69, 9.17) is 32.7 Å². The average Bonchev–Trinajstić information content (AvgIpc) is 3.72. The molecule has 2 fully saturated rings. The van der Waals surface area contributed by atoms with Crippen molar-refractivity contribution in [2.45, 2.75) is 71.6 Å². The lowest BCUT2D eigenvalue weighted by Crippen LogP contribution is -2.49. The molecule has 3 aromatic rings. The van der Waals surface area contributed by atoms with E-state index in [2.05, 4.69) is 5.32 Å². The van der Waals surface area contributed by atoms with Crippen LogP contribution in [0.2, 0.25) is 10.0 Å². The van der Waals surface area contributed by atoms with Crippen molar-refractivity contribution in [3.8, 4) is 0 Å². The molecule has 2 aliphatic heterocycles. The van der Waals surface area contributed by atoms with Crippen LogP contribution in [0.4, 0.5) is 29.7 Å². The van der Waals surface area contributed by atoms with Gasteiger partial charge in [-0.1, -0.05) is 53.5 Å². The van der Waals surface area contributed by atoms with Crippen LogP contribution in [0.5, 0.6) is 0 Å². The molecule has 1 atom stereocenters. The molecule has 50 heavy (non-hydrogen) atoms. The summed E-state index contributed by atoms with van der Waals surface area (Å²) < 4.78 is 37.9. The Bertz CT molecular complexity index is 1670. The third-order valence-corrected chi connectivity index (χ3v) is 7.97. The molecule has 2 saturated heterocycles. The molecule has 2 heterocycles. The second kappa shape index (κ2) is 16.2. The van der Waals surface area contributed by atoms with Crippen molar-refractivity contribution >= 4 is 52.7 Å². The summed E-state index contributed by atoms with van der Waals surface area (Å²) in [6, 6.07) is 16.1. The highest BCUT2D eigenvalue weighted by Crippen LogP contribution is 2.33. The number of alkyl carbamates (subject to hydrolysis) is 1. The number of benzene rings is 3. The maximum atomic E-state index is 13.8. The zero-order valence-electron chi connectivity index (χ0n) is 29.0. The van der Waals surface area contributed by atoms with Crippen molar-refractivity contribution in [2.75, 3.05) is 36.2 Å². The van der Waals surface area contributed by atoms with E-state index in [1.165, 1.54) is 46.4 Å². The minimum atomic E-state index is -0.964. The molecule has 0 bridgehead atoms. The molecule has 0 aromatic heterocycles. The number of carbonyl (C=O) groups excluding carboxylic acids is 3. The van der Waals surface area contributed by atoms with Gasteiger partial charge in [-0.3, -0.25) is 19.8 Å². The number of anilines is 2. The van der Waals surface area contributed by atoms with Crippen LogP contribution in [-0.2, 0) is 14.3 Å². The first kappa shape index (κ1) is 38.5. The predicted molar refractivity (Wildman–Crippen MR) is 190 cm³/mol. The topological polar surface area (TPSA) is 94.7 Å². The van der Waals surface area contributed by atoms with Crippen LogP contribution < -0.4 is 15.3 Å². The van der Waals surface area contributed by atoms with Crippen molar-refractivity contribution in [3.63, 3.8) is 0 Å². The molecule has 5 rings (SSSR count). The van der Waals surface area contributed by atoms with Crippen LogP contribution in [0, 0.1) is 11.6 Å². The van der Waals surface area contributed by atoms with Gasteiger partial charge in [0.15, 0.2) is 0 Å². The van der Waals surface area contributed by atoms with Crippen molar-refractivity contribution < 1.29 is 32.6 Å². The Morgan fingerprint density at radius 3 is 1.68 bits per heavy atom. The Labute approximate surface area is 301 Å². The molecule has 3 aromatic carbocycles. The normalized spacial score (nSPS) is 15.3. The first-order valence-electron chi connectivity index (χ1n) is 16.2. The van der Waals surface area contributed by atoms with Crippen molar-refractivity contribution in [2.24, 2.45) is 0 Å². The second-order valence-electron chi connectivity index (χ2n) is 13.7. The summed E-state index contributed by atoms with van der Waals surface area (Å²) in [5.74, 6) is -1.19. The maximum absolute atomic E-state index is 13.8. The Balaban J connectivity index is 0.000000244. The first-order valence-corrected chi connectivity index (χ1v) is 17.0. The van der Waals surface area contributed by atoms with E-state index in [-0.39, 0.29) is 11.7 Å². The molecule has 0 radical (unpaired) electrons. The molecule has 14 heteroatoms. The third-order valence-electron chi connectivity index (χ3n) is 7.33. The molecule has 10 nitrogen and oxygen atoms in total. The van der Waals surface area contributed by atoms with Gasteiger partial charge in [0, 0.05) is 38.3 Å². The number of amides is 3.